The molecule has 5 nitrogen and oxygen atoms in total. The molecule has 1 aromatic rings. The van der Waals surface area contributed by atoms with Crippen LogP contribution in [-0.4, -0.2) is 31.2 Å². The predicted molar refractivity (Wildman–Crippen MR) is 81.5 cm³/mol. The smallest absolute Gasteiger partial charge is 0.237 e. The first-order valence-electron chi connectivity index (χ1n) is 7.45. The number of carbonyl (C=O) groups is 1. The quantitative estimate of drug-likeness (QED) is 0.839. The number of hydrogen-bond acceptors (Lipinski definition) is 4. The highest BCUT2D eigenvalue weighted by Gasteiger charge is 2.41. The van der Waals surface area contributed by atoms with Gasteiger partial charge in [0.25, 0.3) is 0 Å². The number of methoxy groups -OCH3 is 1. The molecule has 0 aromatic heterocycles. The Kier molecular flexibility index (Phi) is 5.07. The summed E-state index contributed by atoms with van der Waals surface area (Å²) in [6, 6.07) is 7.49. The van der Waals surface area contributed by atoms with E-state index in [-0.39, 0.29) is 12.0 Å². The van der Waals surface area contributed by atoms with E-state index in [4.69, 9.17) is 15.2 Å². The van der Waals surface area contributed by atoms with Gasteiger partial charge in [0.1, 0.15) is 23.1 Å². The number of amides is 1. The van der Waals surface area contributed by atoms with Crippen LogP contribution < -0.4 is 20.5 Å². The minimum Gasteiger partial charge on any atom is -0.497 e. The van der Waals surface area contributed by atoms with Crippen molar-refractivity contribution < 1.29 is 14.3 Å². The average molecular weight is 292 g/mol. The molecule has 2 rings (SSSR count). The van der Waals surface area contributed by atoms with Crippen LogP contribution in [0.2, 0.25) is 0 Å². The Hall–Kier alpha value is -1.75. The summed E-state index contributed by atoms with van der Waals surface area (Å²) < 4.78 is 11.1. The molecular weight excluding hydrogens is 268 g/mol. The maximum atomic E-state index is 11.8. The lowest BCUT2D eigenvalue weighted by Crippen LogP contribution is -2.59. The van der Waals surface area contributed by atoms with E-state index in [1.807, 2.05) is 31.2 Å². The molecule has 0 heterocycles. The van der Waals surface area contributed by atoms with Crippen molar-refractivity contribution in [1.29, 1.82) is 0 Å². The van der Waals surface area contributed by atoms with E-state index in [0.717, 1.165) is 37.3 Å². The monoisotopic (exact) mass is 292 g/mol. The lowest BCUT2D eigenvalue weighted by atomic mass is 9.79. The minimum atomic E-state index is -0.635. The van der Waals surface area contributed by atoms with Crippen molar-refractivity contribution in [2.24, 2.45) is 5.73 Å². The molecule has 2 atom stereocenters. The molecule has 0 bridgehead atoms. The summed E-state index contributed by atoms with van der Waals surface area (Å²) in [5.41, 5.74) is 4.97. The van der Waals surface area contributed by atoms with E-state index in [1.165, 1.54) is 0 Å². The second kappa shape index (κ2) is 6.80. The van der Waals surface area contributed by atoms with Gasteiger partial charge in [-0.25, -0.2) is 0 Å². The number of likely N-dealkylation sites (N-methyl/N-ethyl adjacent to an activating group) is 1. The fraction of sp³-hybridized carbons (Fsp3) is 0.562. The number of nitrogens with one attached hydrogen (secondary N) is 1. The van der Waals surface area contributed by atoms with Crippen molar-refractivity contribution >= 4 is 5.91 Å². The molecule has 1 aliphatic carbocycles. The van der Waals surface area contributed by atoms with E-state index < -0.39 is 5.54 Å². The van der Waals surface area contributed by atoms with Gasteiger partial charge in [0.2, 0.25) is 5.91 Å². The first kappa shape index (κ1) is 15.6. The summed E-state index contributed by atoms with van der Waals surface area (Å²) in [6.07, 6.45) is 3.25. The third-order valence-corrected chi connectivity index (χ3v) is 4.05. The molecule has 0 spiro atoms. The number of carbonyl (C=O) groups excluding carboxylic acids is 1. The topological polar surface area (TPSA) is 73.6 Å². The maximum Gasteiger partial charge on any atom is 0.237 e. The molecule has 1 aliphatic rings. The number of nitrogens with two attached hydrogens (primary N) is 1. The SMILES string of the molecule is CCNC1(C(N)=O)CCCC(Oc2ccc(OC)cc2)C1. The van der Waals surface area contributed by atoms with Gasteiger partial charge in [-0.05, 0) is 50.1 Å². The van der Waals surface area contributed by atoms with Crippen molar-refractivity contribution in [3.8, 4) is 11.5 Å². The second-order valence-electron chi connectivity index (χ2n) is 5.49. The molecule has 0 saturated heterocycles. The van der Waals surface area contributed by atoms with Gasteiger partial charge in [0, 0.05) is 6.42 Å². The van der Waals surface area contributed by atoms with Gasteiger partial charge in [-0.1, -0.05) is 6.92 Å². The van der Waals surface area contributed by atoms with Crippen molar-refractivity contribution in [1.82, 2.24) is 5.32 Å². The molecule has 1 amide bonds. The van der Waals surface area contributed by atoms with Crippen LogP contribution >= 0.6 is 0 Å². The molecule has 3 N–H and O–H groups in total. The zero-order valence-corrected chi connectivity index (χ0v) is 12.7. The fourth-order valence-electron chi connectivity index (χ4n) is 2.98. The van der Waals surface area contributed by atoms with Crippen LogP contribution in [0.1, 0.15) is 32.6 Å². The van der Waals surface area contributed by atoms with Crippen LogP contribution in [0.4, 0.5) is 0 Å². The Morgan fingerprint density at radius 2 is 2.05 bits per heavy atom. The third kappa shape index (κ3) is 3.67. The molecule has 0 radical (unpaired) electrons. The lowest BCUT2D eigenvalue weighted by Gasteiger charge is -2.39. The van der Waals surface area contributed by atoms with E-state index >= 15 is 0 Å². The molecule has 5 heteroatoms. The van der Waals surface area contributed by atoms with Crippen LogP contribution in [0.25, 0.3) is 0 Å². The van der Waals surface area contributed by atoms with Crippen molar-refractivity contribution in [3.05, 3.63) is 24.3 Å². The number of primary amides is 1. The minimum absolute atomic E-state index is 0.00121. The lowest BCUT2D eigenvalue weighted by molar-refractivity contribution is -0.127. The van der Waals surface area contributed by atoms with Crippen LogP contribution in [0, 0.1) is 0 Å². The Bertz CT molecular complexity index is 471. The number of ether oxygens (including phenoxy) is 2. The molecule has 0 aliphatic heterocycles. The van der Waals surface area contributed by atoms with Crippen molar-refractivity contribution in [2.45, 2.75) is 44.2 Å². The van der Waals surface area contributed by atoms with Gasteiger partial charge in [-0.3, -0.25) is 4.79 Å². The van der Waals surface area contributed by atoms with Crippen LogP contribution in [0.15, 0.2) is 24.3 Å². The van der Waals surface area contributed by atoms with Crippen molar-refractivity contribution in [2.75, 3.05) is 13.7 Å². The molecule has 1 saturated carbocycles. The van der Waals surface area contributed by atoms with Gasteiger partial charge in [-0.2, -0.15) is 0 Å². The van der Waals surface area contributed by atoms with Gasteiger partial charge >= 0.3 is 0 Å². The highest BCUT2D eigenvalue weighted by molar-refractivity contribution is 5.84. The molecule has 116 valence electrons. The molecule has 2 unspecified atom stereocenters. The second-order valence-corrected chi connectivity index (χ2v) is 5.49. The largest absolute Gasteiger partial charge is 0.497 e. The summed E-state index contributed by atoms with van der Waals surface area (Å²) in [6.45, 7) is 2.71. The fourth-order valence-corrected chi connectivity index (χ4v) is 2.98. The normalized spacial score (nSPS) is 25.3. The summed E-state index contributed by atoms with van der Waals surface area (Å²) in [4.78, 5) is 11.8. The van der Waals surface area contributed by atoms with Gasteiger partial charge in [0.05, 0.1) is 7.11 Å². The standard InChI is InChI=1S/C16H24N2O3/c1-3-18-16(15(17)19)10-4-5-14(11-16)21-13-8-6-12(20-2)7-9-13/h6-9,14,18H,3-5,10-11H2,1-2H3,(H2,17,19). The number of rotatable bonds is 6. The molecular formula is C16H24N2O3. The summed E-state index contributed by atoms with van der Waals surface area (Å²) >= 11 is 0. The van der Waals surface area contributed by atoms with Crippen LogP contribution in [-0.2, 0) is 4.79 Å². The molecule has 1 fully saturated rings. The van der Waals surface area contributed by atoms with Gasteiger partial charge < -0.3 is 20.5 Å². The van der Waals surface area contributed by atoms with Crippen LogP contribution in [0.5, 0.6) is 11.5 Å². The summed E-state index contributed by atoms with van der Waals surface area (Å²) in [5, 5.41) is 3.26. The third-order valence-electron chi connectivity index (χ3n) is 4.05. The summed E-state index contributed by atoms with van der Waals surface area (Å²) in [7, 11) is 1.63. The first-order valence-corrected chi connectivity index (χ1v) is 7.45. The van der Waals surface area contributed by atoms with Gasteiger partial charge in [0.15, 0.2) is 0 Å². The molecule has 21 heavy (non-hydrogen) atoms. The zero-order chi connectivity index (χ0) is 15.3. The van der Waals surface area contributed by atoms with Crippen molar-refractivity contribution in [3.63, 3.8) is 0 Å². The first-order chi connectivity index (χ1) is 10.1. The highest BCUT2D eigenvalue weighted by Crippen LogP contribution is 2.31. The van der Waals surface area contributed by atoms with E-state index in [0.29, 0.717) is 6.42 Å². The predicted octanol–water partition coefficient (Wildman–Crippen LogP) is 1.85. The van der Waals surface area contributed by atoms with Crippen LogP contribution in [0.3, 0.4) is 0 Å². The zero-order valence-electron chi connectivity index (χ0n) is 12.7. The number of benzene rings is 1. The maximum absolute atomic E-state index is 11.8. The number of hydrogen-bond donors (Lipinski definition) is 2. The van der Waals surface area contributed by atoms with E-state index in [9.17, 15) is 4.79 Å². The van der Waals surface area contributed by atoms with E-state index in [2.05, 4.69) is 5.32 Å². The Labute approximate surface area is 125 Å². The highest BCUT2D eigenvalue weighted by atomic mass is 16.5. The van der Waals surface area contributed by atoms with E-state index in [1.54, 1.807) is 7.11 Å². The Morgan fingerprint density at radius 3 is 2.62 bits per heavy atom. The van der Waals surface area contributed by atoms with Gasteiger partial charge in [-0.15, -0.1) is 0 Å². The average Bonchev–Trinajstić information content (AvgIpc) is 2.48. The summed E-state index contributed by atoms with van der Waals surface area (Å²) in [5.74, 6) is 1.30. The Balaban J connectivity index is 2.04. The molecule has 1 aromatic carbocycles. The Morgan fingerprint density at radius 1 is 1.38 bits per heavy atom.